The van der Waals surface area contributed by atoms with E-state index < -0.39 is 0 Å². The van der Waals surface area contributed by atoms with Crippen molar-refractivity contribution in [3.8, 4) is 11.5 Å². The molecule has 4 atom stereocenters. The lowest BCUT2D eigenvalue weighted by molar-refractivity contribution is 0.181. The Kier molecular flexibility index (Phi) is 3.01. The Labute approximate surface area is 143 Å². The molecule has 2 aromatic carbocycles. The summed E-state index contributed by atoms with van der Waals surface area (Å²) in [6.45, 7) is 0. The molecule has 3 fully saturated rings. The molecule has 0 spiro atoms. The Morgan fingerprint density at radius 2 is 1.29 bits per heavy atom. The zero-order chi connectivity index (χ0) is 16.3. The first-order chi connectivity index (χ1) is 11.7. The maximum absolute atomic E-state index is 9.74. The summed E-state index contributed by atoms with van der Waals surface area (Å²) >= 11 is 0. The lowest BCUT2D eigenvalue weighted by Gasteiger charge is -2.44. The SMILES string of the molecule is Oc1ccc(C2(c3ccc(O)cc3)C[C@H]3C[C@@H]2[C@@H]2CCC[C@H]32)cc1. The van der Waals surface area contributed by atoms with Crippen LogP contribution in [0.3, 0.4) is 0 Å². The van der Waals surface area contributed by atoms with E-state index in [4.69, 9.17) is 0 Å². The molecule has 2 N–H and O–H groups in total. The van der Waals surface area contributed by atoms with Crippen LogP contribution in [0.25, 0.3) is 0 Å². The second-order valence-electron chi connectivity index (χ2n) is 8.13. The van der Waals surface area contributed by atoms with Gasteiger partial charge < -0.3 is 10.2 Å². The smallest absolute Gasteiger partial charge is 0.115 e. The van der Waals surface area contributed by atoms with Gasteiger partial charge in [-0.05, 0) is 84.7 Å². The van der Waals surface area contributed by atoms with Crippen molar-refractivity contribution >= 4 is 0 Å². The number of phenols is 2. The zero-order valence-corrected chi connectivity index (χ0v) is 13.9. The Balaban J connectivity index is 1.67. The number of fused-ring (bicyclic) bond motifs is 5. The van der Waals surface area contributed by atoms with Gasteiger partial charge in [0.15, 0.2) is 0 Å². The molecule has 0 saturated heterocycles. The fraction of sp³-hybridized carbons (Fsp3) is 0.455. The molecular formula is C22H24O2. The number of hydrogen-bond acceptors (Lipinski definition) is 2. The van der Waals surface area contributed by atoms with E-state index in [0.717, 1.165) is 17.8 Å². The van der Waals surface area contributed by atoms with E-state index in [9.17, 15) is 10.2 Å². The summed E-state index contributed by atoms with van der Waals surface area (Å²) in [5.41, 5.74) is 2.73. The standard InChI is InChI=1S/C22H24O2/c23-17-8-4-15(5-9-17)22(16-6-10-18(24)11-7-16)13-14-12-21(22)20-3-1-2-19(14)20/h4-11,14,19-21,23-24H,1-3,12-13H2/t14-,19-,20-,21-/m1/s1. The monoisotopic (exact) mass is 320 g/mol. The normalized spacial score (nSPS) is 32.8. The Hall–Kier alpha value is -1.96. The van der Waals surface area contributed by atoms with Gasteiger partial charge in [-0.1, -0.05) is 30.7 Å². The second-order valence-corrected chi connectivity index (χ2v) is 8.13. The lowest BCUT2D eigenvalue weighted by atomic mass is 9.59. The second kappa shape index (κ2) is 5.02. The van der Waals surface area contributed by atoms with E-state index >= 15 is 0 Å². The zero-order valence-electron chi connectivity index (χ0n) is 13.9. The molecule has 2 bridgehead atoms. The van der Waals surface area contributed by atoms with Gasteiger partial charge in [0, 0.05) is 5.41 Å². The van der Waals surface area contributed by atoms with Crippen molar-refractivity contribution in [2.75, 3.05) is 0 Å². The van der Waals surface area contributed by atoms with Gasteiger partial charge in [0.2, 0.25) is 0 Å². The van der Waals surface area contributed by atoms with Crippen LogP contribution in [0.15, 0.2) is 48.5 Å². The van der Waals surface area contributed by atoms with Gasteiger partial charge in [0.05, 0.1) is 0 Å². The highest BCUT2D eigenvalue weighted by molar-refractivity contribution is 5.46. The van der Waals surface area contributed by atoms with E-state index in [0.29, 0.717) is 17.4 Å². The third-order valence-electron chi connectivity index (χ3n) is 7.29. The van der Waals surface area contributed by atoms with Crippen LogP contribution in [-0.4, -0.2) is 10.2 Å². The molecule has 3 aliphatic carbocycles. The molecule has 5 rings (SSSR count). The van der Waals surface area contributed by atoms with Gasteiger partial charge in [-0.25, -0.2) is 0 Å². The largest absolute Gasteiger partial charge is 0.508 e. The Morgan fingerprint density at radius 3 is 1.88 bits per heavy atom. The van der Waals surface area contributed by atoms with Crippen molar-refractivity contribution in [1.29, 1.82) is 0 Å². The first kappa shape index (κ1) is 14.4. The molecule has 124 valence electrons. The summed E-state index contributed by atoms with van der Waals surface area (Å²) in [7, 11) is 0. The molecule has 2 nitrogen and oxygen atoms in total. The van der Waals surface area contributed by atoms with Crippen LogP contribution < -0.4 is 0 Å². The van der Waals surface area contributed by atoms with Crippen LogP contribution >= 0.6 is 0 Å². The summed E-state index contributed by atoms with van der Waals surface area (Å²) in [6.07, 6.45) is 6.76. The first-order valence-electron chi connectivity index (χ1n) is 9.27. The van der Waals surface area contributed by atoms with E-state index in [1.165, 1.54) is 43.2 Å². The maximum atomic E-state index is 9.74. The molecule has 0 radical (unpaired) electrons. The molecule has 3 aliphatic rings. The minimum Gasteiger partial charge on any atom is -0.508 e. The van der Waals surface area contributed by atoms with E-state index in [1.54, 1.807) is 0 Å². The van der Waals surface area contributed by atoms with E-state index in [2.05, 4.69) is 24.3 Å². The minimum atomic E-state index is 0.0531. The van der Waals surface area contributed by atoms with Crippen LogP contribution in [0, 0.1) is 23.7 Å². The number of phenolic OH excluding ortho intramolecular Hbond substituents is 2. The minimum absolute atomic E-state index is 0.0531. The van der Waals surface area contributed by atoms with Crippen molar-refractivity contribution in [1.82, 2.24) is 0 Å². The fourth-order valence-electron chi connectivity index (χ4n) is 6.49. The van der Waals surface area contributed by atoms with Crippen molar-refractivity contribution < 1.29 is 10.2 Å². The van der Waals surface area contributed by atoms with Crippen LogP contribution in [0.2, 0.25) is 0 Å². The Bertz CT molecular complexity index is 701. The highest BCUT2D eigenvalue weighted by atomic mass is 16.3. The molecule has 2 heteroatoms. The van der Waals surface area contributed by atoms with E-state index in [-0.39, 0.29) is 5.41 Å². The average molecular weight is 320 g/mol. The molecule has 3 saturated carbocycles. The van der Waals surface area contributed by atoms with Crippen molar-refractivity contribution in [3.05, 3.63) is 59.7 Å². The van der Waals surface area contributed by atoms with Gasteiger partial charge in [0.1, 0.15) is 11.5 Å². The fourth-order valence-corrected chi connectivity index (χ4v) is 6.49. The van der Waals surface area contributed by atoms with Crippen molar-refractivity contribution in [3.63, 3.8) is 0 Å². The first-order valence-corrected chi connectivity index (χ1v) is 9.27. The van der Waals surface area contributed by atoms with Gasteiger partial charge >= 0.3 is 0 Å². The quantitative estimate of drug-likeness (QED) is 0.831. The molecule has 24 heavy (non-hydrogen) atoms. The molecule has 0 amide bonds. The third-order valence-corrected chi connectivity index (χ3v) is 7.29. The highest BCUT2D eigenvalue weighted by Crippen LogP contribution is 2.68. The third kappa shape index (κ3) is 1.83. The van der Waals surface area contributed by atoms with Crippen LogP contribution in [-0.2, 0) is 5.41 Å². The van der Waals surface area contributed by atoms with Gasteiger partial charge in [0.25, 0.3) is 0 Å². The number of benzene rings is 2. The molecule has 0 aliphatic heterocycles. The predicted octanol–water partition coefficient (Wildman–Crippen LogP) is 4.84. The molecular weight excluding hydrogens is 296 g/mol. The van der Waals surface area contributed by atoms with Gasteiger partial charge in [-0.3, -0.25) is 0 Å². The number of hydrogen-bond donors (Lipinski definition) is 2. The van der Waals surface area contributed by atoms with E-state index in [1.807, 2.05) is 24.3 Å². The van der Waals surface area contributed by atoms with Crippen molar-refractivity contribution in [2.24, 2.45) is 23.7 Å². The summed E-state index contributed by atoms with van der Waals surface area (Å²) in [4.78, 5) is 0. The van der Waals surface area contributed by atoms with Crippen LogP contribution in [0.4, 0.5) is 0 Å². The molecule has 0 heterocycles. The summed E-state index contributed by atoms with van der Waals surface area (Å²) in [6, 6.07) is 15.8. The highest BCUT2D eigenvalue weighted by Gasteiger charge is 2.61. The van der Waals surface area contributed by atoms with Gasteiger partial charge in [-0.15, -0.1) is 0 Å². The average Bonchev–Trinajstić information content (AvgIpc) is 3.28. The number of rotatable bonds is 2. The lowest BCUT2D eigenvalue weighted by Crippen LogP contribution is -2.40. The summed E-state index contributed by atoms with van der Waals surface area (Å²) < 4.78 is 0. The van der Waals surface area contributed by atoms with Gasteiger partial charge in [-0.2, -0.15) is 0 Å². The molecule has 2 aromatic rings. The maximum Gasteiger partial charge on any atom is 0.115 e. The summed E-state index contributed by atoms with van der Waals surface area (Å²) in [5.74, 6) is 4.00. The predicted molar refractivity (Wildman–Crippen MR) is 94.0 cm³/mol. The molecule has 0 unspecified atom stereocenters. The molecule has 0 aromatic heterocycles. The number of aromatic hydroxyl groups is 2. The topological polar surface area (TPSA) is 40.5 Å². The van der Waals surface area contributed by atoms with Crippen LogP contribution in [0.1, 0.15) is 43.2 Å². The summed E-state index contributed by atoms with van der Waals surface area (Å²) in [5, 5.41) is 19.5. The van der Waals surface area contributed by atoms with Crippen molar-refractivity contribution in [2.45, 2.75) is 37.5 Å². The van der Waals surface area contributed by atoms with Crippen LogP contribution in [0.5, 0.6) is 11.5 Å². The Morgan fingerprint density at radius 1 is 0.750 bits per heavy atom.